The summed E-state index contributed by atoms with van der Waals surface area (Å²) in [5, 5.41) is 1.03. The van der Waals surface area contributed by atoms with Crippen molar-refractivity contribution in [3.63, 3.8) is 0 Å². The zero-order chi connectivity index (χ0) is 22.8. The van der Waals surface area contributed by atoms with Crippen molar-refractivity contribution in [1.82, 2.24) is 14.9 Å². The fourth-order valence-corrected chi connectivity index (χ4v) is 5.01. The van der Waals surface area contributed by atoms with Crippen LogP contribution in [0.25, 0.3) is 10.9 Å². The molecule has 0 radical (unpaired) electrons. The van der Waals surface area contributed by atoms with Gasteiger partial charge in [-0.15, -0.1) is 0 Å². The molecule has 1 unspecified atom stereocenters. The van der Waals surface area contributed by atoms with Crippen molar-refractivity contribution < 1.29 is 9.47 Å². The summed E-state index contributed by atoms with van der Waals surface area (Å²) >= 11 is 0. The molecule has 0 bridgehead atoms. The van der Waals surface area contributed by atoms with Crippen molar-refractivity contribution in [2.45, 2.75) is 32.4 Å². The maximum Gasteiger partial charge on any atom is 0.162 e. The number of anilines is 2. The minimum Gasteiger partial charge on any atom is -0.493 e. The second-order valence-corrected chi connectivity index (χ2v) is 8.98. The van der Waals surface area contributed by atoms with Crippen molar-refractivity contribution in [3.8, 4) is 11.5 Å². The number of ether oxygens (including phenoxy) is 2. The van der Waals surface area contributed by atoms with Crippen LogP contribution in [0.4, 0.5) is 11.5 Å². The predicted molar refractivity (Wildman–Crippen MR) is 133 cm³/mol. The number of rotatable bonds is 6. The van der Waals surface area contributed by atoms with Gasteiger partial charge in [0.05, 0.1) is 26.3 Å². The molecule has 2 aromatic carbocycles. The summed E-state index contributed by atoms with van der Waals surface area (Å²) in [5.41, 5.74) is 2.21. The Kier molecular flexibility index (Phi) is 6.22. The number of nitrogens with zero attached hydrogens (tertiary/aromatic N) is 5. The lowest BCUT2D eigenvalue weighted by Gasteiger charge is -2.40. The maximum atomic E-state index is 5.56. The molecule has 3 aromatic rings. The molecular weight excluding hydrogens is 414 g/mol. The number of fused-ring (bicyclic) bond motifs is 1. The van der Waals surface area contributed by atoms with E-state index in [1.807, 2.05) is 12.1 Å². The maximum absolute atomic E-state index is 5.56. The van der Waals surface area contributed by atoms with Crippen molar-refractivity contribution in [3.05, 3.63) is 48.3 Å². The molecule has 2 fully saturated rings. The van der Waals surface area contributed by atoms with Crippen LogP contribution in [0.1, 0.15) is 25.6 Å². The van der Waals surface area contributed by atoms with Gasteiger partial charge in [0.2, 0.25) is 0 Å². The molecule has 0 amide bonds. The van der Waals surface area contributed by atoms with Crippen LogP contribution in [0.2, 0.25) is 0 Å². The molecular formula is C26H33N5O2. The Bertz CT molecular complexity index is 1100. The number of hydrogen-bond donors (Lipinski definition) is 0. The van der Waals surface area contributed by atoms with E-state index in [1.165, 1.54) is 18.5 Å². The smallest absolute Gasteiger partial charge is 0.162 e. The van der Waals surface area contributed by atoms with Crippen molar-refractivity contribution in [1.29, 1.82) is 0 Å². The first-order valence-electron chi connectivity index (χ1n) is 11.9. The average Bonchev–Trinajstić information content (AvgIpc) is 3.39. The highest BCUT2D eigenvalue weighted by atomic mass is 16.5. The van der Waals surface area contributed by atoms with Gasteiger partial charge in [-0.1, -0.05) is 18.2 Å². The highest BCUT2D eigenvalue weighted by molar-refractivity contribution is 5.92. The summed E-state index contributed by atoms with van der Waals surface area (Å²) < 4.78 is 11.1. The predicted octanol–water partition coefficient (Wildman–Crippen LogP) is 3.96. The Labute approximate surface area is 195 Å². The summed E-state index contributed by atoms with van der Waals surface area (Å²) in [6.45, 7) is 8.11. The van der Waals surface area contributed by atoms with Gasteiger partial charge in [-0.25, -0.2) is 9.97 Å². The Hall–Kier alpha value is -3.06. The average molecular weight is 448 g/mol. The fourth-order valence-electron chi connectivity index (χ4n) is 5.01. The lowest BCUT2D eigenvalue weighted by molar-refractivity contribution is 0.177. The first-order valence-corrected chi connectivity index (χ1v) is 11.9. The Morgan fingerprint density at radius 1 is 0.879 bits per heavy atom. The van der Waals surface area contributed by atoms with Crippen LogP contribution in [-0.4, -0.2) is 67.9 Å². The van der Waals surface area contributed by atoms with Crippen LogP contribution in [0.3, 0.4) is 0 Å². The molecule has 7 heteroatoms. The van der Waals surface area contributed by atoms with Crippen molar-refractivity contribution >= 4 is 22.4 Å². The monoisotopic (exact) mass is 447 g/mol. The quantitative estimate of drug-likeness (QED) is 0.567. The van der Waals surface area contributed by atoms with Crippen LogP contribution in [0.5, 0.6) is 11.5 Å². The molecule has 3 heterocycles. The molecule has 5 rings (SSSR count). The molecule has 0 N–H and O–H groups in total. The number of hydrogen-bond acceptors (Lipinski definition) is 7. The summed E-state index contributed by atoms with van der Waals surface area (Å²) in [6.07, 6.45) is 2.40. The van der Waals surface area contributed by atoms with Crippen molar-refractivity contribution in [2.75, 3.05) is 56.7 Å². The molecule has 1 atom stereocenters. The largest absolute Gasteiger partial charge is 0.493 e. The molecule has 1 aromatic heterocycles. The van der Waals surface area contributed by atoms with Gasteiger partial charge in [0, 0.05) is 55.9 Å². The van der Waals surface area contributed by atoms with E-state index in [0.717, 1.165) is 61.8 Å². The zero-order valence-corrected chi connectivity index (χ0v) is 19.8. The van der Waals surface area contributed by atoms with Crippen LogP contribution in [0, 0.1) is 0 Å². The molecule has 0 spiro atoms. The fraction of sp³-hybridized carbons (Fsp3) is 0.462. The van der Waals surface area contributed by atoms with Crippen LogP contribution in [-0.2, 0) is 6.54 Å². The molecule has 0 saturated carbocycles. The topological polar surface area (TPSA) is 54.0 Å². The minimum atomic E-state index is 0.416. The van der Waals surface area contributed by atoms with Gasteiger partial charge in [-0.3, -0.25) is 4.90 Å². The van der Waals surface area contributed by atoms with Crippen LogP contribution in [0.15, 0.2) is 42.5 Å². The van der Waals surface area contributed by atoms with E-state index in [9.17, 15) is 0 Å². The van der Waals surface area contributed by atoms with E-state index >= 15 is 0 Å². The standard InChI is InChI=1S/C26H33N5O2/c1-19-17-31(20-9-5-4-6-10-20)14-13-30(19)18-25-27-22-16-24(33-3)23(32-2)15-21(22)26(28-25)29-11-7-8-12-29/h4-6,9-10,15-16,19H,7-8,11-14,17-18H2,1-3H3. The van der Waals surface area contributed by atoms with Gasteiger partial charge >= 0.3 is 0 Å². The summed E-state index contributed by atoms with van der Waals surface area (Å²) in [6, 6.07) is 15.1. The van der Waals surface area contributed by atoms with E-state index in [-0.39, 0.29) is 0 Å². The number of para-hydroxylation sites is 1. The number of benzene rings is 2. The van der Waals surface area contributed by atoms with E-state index < -0.39 is 0 Å². The summed E-state index contributed by atoms with van der Waals surface area (Å²) in [4.78, 5) is 17.4. The Morgan fingerprint density at radius 3 is 2.30 bits per heavy atom. The third kappa shape index (κ3) is 4.42. The van der Waals surface area contributed by atoms with Crippen LogP contribution < -0.4 is 19.3 Å². The van der Waals surface area contributed by atoms with E-state index in [2.05, 4.69) is 52.0 Å². The molecule has 2 aliphatic heterocycles. The second-order valence-electron chi connectivity index (χ2n) is 8.98. The van der Waals surface area contributed by atoms with E-state index in [4.69, 9.17) is 19.4 Å². The first-order chi connectivity index (χ1) is 16.2. The molecule has 33 heavy (non-hydrogen) atoms. The Morgan fingerprint density at radius 2 is 1.61 bits per heavy atom. The SMILES string of the molecule is COc1cc2nc(CN3CCN(c4ccccc4)CC3C)nc(N3CCCC3)c2cc1OC. The molecule has 7 nitrogen and oxygen atoms in total. The Balaban J connectivity index is 1.43. The molecule has 0 aliphatic carbocycles. The molecule has 2 aliphatic rings. The zero-order valence-electron chi connectivity index (χ0n) is 19.8. The number of piperazine rings is 1. The van der Waals surface area contributed by atoms with Gasteiger partial charge in [-0.05, 0) is 38.0 Å². The van der Waals surface area contributed by atoms with Gasteiger partial charge in [0.15, 0.2) is 11.5 Å². The van der Waals surface area contributed by atoms with E-state index in [0.29, 0.717) is 17.5 Å². The third-order valence-electron chi connectivity index (χ3n) is 6.86. The third-order valence-corrected chi connectivity index (χ3v) is 6.86. The normalized spacial score (nSPS) is 19.3. The second kappa shape index (κ2) is 9.43. The number of aromatic nitrogens is 2. The number of methoxy groups -OCH3 is 2. The lowest BCUT2D eigenvalue weighted by atomic mass is 10.1. The van der Waals surface area contributed by atoms with Gasteiger partial charge in [-0.2, -0.15) is 0 Å². The van der Waals surface area contributed by atoms with Gasteiger partial charge in [0.1, 0.15) is 11.6 Å². The molecule has 2 saturated heterocycles. The van der Waals surface area contributed by atoms with Crippen LogP contribution >= 0.6 is 0 Å². The van der Waals surface area contributed by atoms with Gasteiger partial charge in [0.25, 0.3) is 0 Å². The summed E-state index contributed by atoms with van der Waals surface area (Å²) in [7, 11) is 3.34. The minimum absolute atomic E-state index is 0.416. The van der Waals surface area contributed by atoms with Gasteiger partial charge < -0.3 is 19.3 Å². The van der Waals surface area contributed by atoms with E-state index in [1.54, 1.807) is 14.2 Å². The first kappa shape index (κ1) is 21.8. The highest BCUT2D eigenvalue weighted by Gasteiger charge is 2.26. The highest BCUT2D eigenvalue weighted by Crippen LogP contribution is 2.36. The summed E-state index contributed by atoms with van der Waals surface area (Å²) in [5.74, 6) is 3.31. The molecule has 174 valence electrons. The lowest BCUT2D eigenvalue weighted by Crippen LogP contribution is -2.51. The van der Waals surface area contributed by atoms with Crippen molar-refractivity contribution in [2.24, 2.45) is 0 Å².